The maximum Gasteiger partial charge on any atom is 0.254 e. The van der Waals surface area contributed by atoms with E-state index in [0.717, 1.165) is 48.8 Å². The van der Waals surface area contributed by atoms with Gasteiger partial charge in [-0.15, -0.1) is 0 Å². The second-order valence-corrected chi connectivity index (χ2v) is 12.8. The molecule has 47 heavy (non-hydrogen) atoms. The van der Waals surface area contributed by atoms with Crippen LogP contribution >= 0.6 is 0 Å². The first-order valence-electron chi connectivity index (χ1n) is 16.6. The van der Waals surface area contributed by atoms with Crippen LogP contribution in [0.5, 0.6) is 0 Å². The SMILES string of the molecule is C[C@H](c1ccccc1)N(C)C(=O)c1cccc(C(=O)N[C@@H](Cc2ccccc2)[C@H](O)CNC2(c3cccc(CF)c3)CCCCC2)c1. The molecule has 1 fully saturated rings. The third-order valence-corrected chi connectivity index (χ3v) is 9.62. The van der Waals surface area contributed by atoms with E-state index in [2.05, 4.69) is 10.6 Å². The number of hydrogen-bond acceptors (Lipinski definition) is 4. The smallest absolute Gasteiger partial charge is 0.254 e. The van der Waals surface area contributed by atoms with Gasteiger partial charge in [0.1, 0.15) is 6.67 Å². The number of aliphatic hydroxyl groups is 1. The zero-order valence-electron chi connectivity index (χ0n) is 27.4. The normalized spacial score (nSPS) is 16.1. The third-order valence-electron chi connectivity index (χ3n) is 9.62. The number of rotatable bonds is 13. The second-order valence-electron chi connectivity index (χ2n) is 12.8. The van der Waals surface area contributed by atoms with E-state index in [1.54, 1.807) is 42.3 Å². The molecular weight excluding hydrogens is 589 g/mol. The molecule has 0 aromatic heterocycles. The van der Waals surface area contributed by atoms with Gasteiger partial charge in [-0.05, 0) is 66.6 Å². The molecular formula is C40H46FN3O3. The van der Waals surface area contributed by atoms with Crippen molar-refractivity contribution < 1.29 is 19.1 Å². The highest BCUT2D eigenvalue weighted by molar-refractivity contribution is 5.99. The summed E-state index contributed by atoms with van der Waals surface area (Å²) in [5, 5.41) is 18.4. The molecule has 4 aromatic carbocycles. The van der Waals surface area contributed by atoms with Crippen molar-refractivity contribution in [3.8, 4) is 0 Å². The molecule has 0 radical (unpaired) electrons. The number of nitrogens with zero attached hydrogens (tertiary/aromatic N) is 1. The summed E-state index contributed by atoms with van der Waals surface area (Å²) in [6.45, 7) is 1.70. The van der Waals surface area contributed by atoms with Crippen LogP contribution in [-0.2, 0) is 18.6 Å². The Morgan fingerprint density at radius 3 is 2.17 bits per heavy atom. The van der Waals surface area contributed by atoms with Gasteiger partial charge in [-0.2, -0.15) is 0 Å². The Kier molecular flexibility index (Phi) is 11.6. The fourth-order valence-corrected chi connectivity index (χ4v) is 6.65. The number of benzene rings is 4. The standard InChI is InChI=1S/C40H46FN3O3/c1-29(32-17-8-4-9-18-32)44(2)39(47)34-20-13-19-33(26-34)38(46)43-36(25-30-14-6-3-7-15-30)37(45)28-42-40(22-10-5-11-23-40)35-21-12-16-31(24-35)27-41/h3-4,6-9,12-21,24,26,29,36-37,42,45H,5,10-11,22-23,25,27-28H2,1-2H3,(H,43,46)/t29-,36+,37-/m1/s1. The minimum absolute atomic E-state index is 0.147. The molecule has 0 heterocycles. The van der Waals surface area contributed by atoms with Crippen molar-refractivity contribution in [2.45, 2.75) is 75.8 Å². The molecule has 2 amide bonds. The lowest BCUT2D eigenvalue weighted by Gasteiger charge is -2.40. The fourth-order valence-electron chi connectivity index (χ4n) is 6.65. The van der Waals surface area contributed by atoms with E-state index in [4.69, 9.17) is 0 Å². The maximum absolute atomic E-state index is 13.7. The van der Waals surface area contributed by atoms with Crippen molar-refractivity contribution >= 4 is 11.8 Å². The number of amides is 2. The Labute approximate surface area is 278 Å². The lowest BCUT2D eigenvalue weighted by Crippen LogP contribution is -2.53. The lowest BCUT2D eigenvalue weighted by atomic mass is 9.76. The monoisotopic (exact) mass is 635 g/mol. The zero-order valence-corrected chi connectivity index (χ0v) is 27.4. The van der Waals surface area contributed by atoms with Gasteiger partial charge >= 0.3 is 0 Å². The molecule has 3 N–H and O–H groups in total. The first-order valence-corrected chi connectivity index (χ1v) is 16.6. The van der Waals surface area contributed by atoms with Crippen LogP contribution in [0.2, 0.25) is 0 Å². The van der Waals surface area contributed by atoms with Crippen molar-refractivity contribution in [2.24, 2.45) is 0 Å². The molecule has 0 bridgehead atoms. The van der Waals surface area contributed by atoms with Crippen molar-refractivity contribution in [2.75, 3.05) is 13.6 Å². The van der Waals surface area contributed by atoms with Crippen LogP contribution < -0.4 is 10.6 Å². The van der Waals surface area contributed by atoms with Crippen LogP contribution in [0.3, 0.4) is 0 Å². The number of aliphatic hydroxyl groups excluding tert-OH is 1. The molecule has 7 heteroatoms. The van der Waals surface area contributed by atoms with Gasteiger partial charge < -0.3 is 20.6 Å². The van der Waals surface area contributed by atoms with Crippen LogP contribution in [-0.4, -0.2) is 47.6 Å². The van der Waals surface area contributed by atoms with E-state index in [1.807, 2.05) is 85.8 Å². The Morgan fingerprint density at radius 1 is 0.830 bits per heavy atom. The molecule has 3 atom stereocenters. The molecule has 6 nitrogen and oxygen atoms in total. The minimum atomic E-state index is -0.912. The molecule has 0 spiro atoms. The Bertz CT molecular complexity index is 1610. The van der Waals surface area contributed by atoms with Gasteiger partial charge in [-0.3, -0.25) is 9.59 Å². The number of nitrogens with one attached hydrogen (secondary N) is 2. The quantitative estimate of drug-likeness (QED) is 0.146. The summed E-state index contributed by atoms with van der Waals surface area (Å²) in [6.07, 6.45) is 4.53. The second kappa shape index (κ2) is 16.0. The van der Waals surface area contributed by atoms with Crippen molar-refractivity contribution in [1.29, 1.82) is 0 Å². The summed E-state index contributed by atoms with van der Waals surface area (Å²) >= 11 is 0. The molecule has 246 valence electrons. The van der Waals surface area contributed by atoms with Gasteiger partial charge in [0.15, 0.2) is 0 Å². The summed E-state index contributed by atoms with van der Waals surface area (Å²) in [7, 11) is 1.76. The van der Waals surface area contributed by atoms with E-state index in [9.17, 15) is 19.1 Å². The molecule has 1 aliphatic carbocycles. The lowest BCUT2D eigenvalue weighted by molar-refractivity contribution is 0.0742. The zero-order chi connectivity index (χ0) is 33.2. The summed E-state index contributed by atoms with van der Waals surface area (Å²) in [4.78, 5) is 28.8. The summed E-state index contributed by atoms with van der Waals surface area (Å²) < 4.78 is 13.6. The predicted molar refractivity (Wildman–Crippen MR) is 185 cm³/mol. The molecule has 0 unspecified atom stereocenters. The maximum atomic E-state index is 13.7. The predicted octanol–water partition coefficient (Wildman–Crippen LogP) is 7.14. The Hall–Kier alpha value is -4.33. The molecule has 0 saturated heterocycles. The summed E-state index contributed by atoms with van der Waals surface area (Å²) in [5.41, 5.74) is 4.08. The molecule has 4 aromatic rings. The Balaban J connectivity index is 1.33. The first-order chi connectivity index (χ1) is 22.8. The topological polar surface area (TPSA) is 81.7 Å². The average Bonchev–Trinajstić information content (AvgIpc) is 3.13. The van der Waals surface area contributed by atoms with Crippen LogP contribution in [0.25, 0.3) is 0 Å². The van der Waals surface area contributed by atoms with E-state index in [1.165, 1.54) is 0 Å². The summed E-state index contributed by atoms with van der Waals surface area (Å²) in [5.74, 6) is -0.544. The minimum Gasteiger partial charge on any atom is -0.390 e. The molecule has 0 aliphatic heterocycles. The van der Waals surface area contributed by atoms with Gasteiger partial charge in [-0.25, -0.2) is 4.39 Å². The van der Waals surface area contributed by atoms with Crippen LogP contribution in [0, 0.1) is 0 Å². The molecule has 1 saturated carbocycles. The van der Waals surface area contributed by atoms with Gasteiger partial charge in [0.2, 0.25) is 0 Å². The highest BCUT2D eigenvalue weighted by atomic mass is 19.1. The van der Waals surface area contributed by atoms with Crippen LogP contribution in [0.15, 0.2) is 109 Å². The van der Waals surface area contributed by atoms with Gasteiger partial charge in [-0.1, -0.05) is 110 Å². The van der Waals surface area contributed by atoms with Crippen molar-refractivity contribution in [3.05, 3.63) is 143 Å². The number of hydrogen-bond donors (Lipinski definition) is 3. The number of carbonyl (C=O) groups excluding carboxylic acids is 2. The highest BCUT2D eigenvalue weighted by Crippen LogP contribution is 2.37. The van der Waals surface area contributed by atoms with Crippen LogP contribution in [0.1, 0.15) is 88.0 Å². The molecule has 5 rings (SSSR count). The van der Waals surface area contributed by atoms with Gasteiger partial charge in [0.05, 0.1) is 18.2 Å². The fraction of sp³-hybridized carbons (Fsp3) is 0.350. The third kappa shape index (κ3) is 8.53. The number of carbonyl (C=O) groups is 2. The van der Waals surface area contributed by atoms with Gasteiger partial charge in [0, 0.05) is 30.3 Å². The van der Waals surface area contributed by atoms with Crippen LogP contribution in [0.4, 0.5) is 4.39 Å². The molecule has 1 aliphatic rings. The summed E-state index contributed by atoms with van der Waals surface area (Å²) in [6, 6.07) is 33.2. The van der Waals surface area contributed by atoms with Crippen molar-refractivity contribution in [1.82, 2.24) is 15.5 Å². The van der Waals surface area contributed by atoms with E-state index in [0.29, 0.717) is 23.1 Å². The first kappa shape index (κ1) is 34.0. The van der Waals surface area contributed by atoms with E-state index in [-0.39, 0.29) is 29.9 Å². The van der Waals surface area contributed by atoms with Crippen molar-refractivity contribution in [3.63, 3.8) is 0 Å². The number of halogens is 1. The Morgan fingerprint density at radius 2 is 1.47 bits per heavy atom. The largest absolute Gasteiger partial charge is 0.390 e. The highest BCUT2D eigenvalue weighted by Gasteiger charge is 2.35. The number of alkyl halides is 1. The van der Waals surface area contributed by atoms with E-state index < -0.39 is 18.8 Å². The van der Waals surface area contributed by atoms with E-state index >= 15 is 0 Å². The van der Waals surface area contributed by atoms with Gasteiger partial charge in [0.25, 0.3) is 11.8 Å². The average molecular weight is 636 g/mol.